The fraction of sp³-hybridized carbons (Fsp3) is 0.200. The Morgan fingerprint density at radius 2 is 2.31 bits per heavy atom. The lowest BCUT2D eigenvalue weighted by Crippen LogP contribution is -1.84. The third-order valence-corrected chi connectivity index (χ3v) is 1.95. The number of furan rings is 1. The predicted octanol–water partition coefficient (Wildman–Crippen LogP) is 2.28. The summed E-state index contributed by atoms with van der Waals surface area (Å²) >= 11 is 0. The van der Waals surface area contributed by atoms with E-state index in [1.54, 1.807) is 25.5 Å². The van der Waals surface area contributed by atoms with Gasteiger partial charge in [0.25, 0.3) is 0 Å². The Kier molecular flexibility index (Phi) is 1.94. The van der Waals surface area contributed by atoms with Crippen LogP contribution in [0, 0.1) is 0 Å². The quantitative estimate of drug-likeness (QED) is 0.767. The molecule has 0 fully saturated rings. The van der Waals surface area contributed by atoms with E-state index < -0.39 is 0 Å². The van der Waals surface area contributed by atoms with Crippen LogP contribution in [0.15, 0.2) is 28.9 Å². The summed E-state index contributed by atoms with van der Waals surface area (Å²) in [5, 5.41) is 10.3. The number of ether oxygens (including phenoxy) is 1. The number of hydrogen-bond donors (Lipinski definition) is 1. The molecule has 0 bridgehead atoms. The average Bonchev–Trinajstić information content (AvgIpc) is 2.51. The molecule has 13 heavy (non-hydrogen) atoms. The van der Waals surface area contributed by atoms with Gasteiger partial charge in [0.15, 0.2) is 0 Å². The van der Waals surface area contributed by atoms with Crippen molar-refractivity contribution in [3.8, 4) is 5.75 Å². The molecule has 0 unspecified atom stereocenters. The first-order chi connectivity index (χ1) is 6.33. The van der Waals surface area contributed by atoms with Crippen molar-refractivity contribution in [3.05, 3.63) is 30.0 Å². The fourth-order valence-electron chi connectivity index (χ4n) is 1.40. The molecule has 2 rings (SSSR count). The molecular weight excluding hydrogens is 168 g/mol. The number of hydrogen-bond acceptors (Lipinski definition) is 3. The van der Waals surface area contributed by atoms with E-state index in [2.05, 4.69) is 0 Å². The Morgan fingerprint density at radius 1 is 1.46 bits per heavy atom. The van der Waals surface area contributed by atoms with E-state index in [0.717, 1.165) is 10.9 Å². The zero-order chi connectivity index (χ0) is 9.26. The highest BCUT2D eigenvalue weighted by Crippen LogP contribution is 2.29. The van der Waals surface area contributed by atoms with Gasteiger partial charge < -0.3 is 14.3 Å². The second-order valence-electron chi connectivity index (χ2n) is 2.84. The highest BCUT2D eigenvalue weighted by atomic mass is 16.5. The highest BCUT2D eigenvalue weighted by Gasteiger charge is 2.08. The average molecular weight is 178 g/mol. The molecular formula is C10H10O3. The second kappa shape index (κ2) is 3.11. The molecule has 0 radical (unpaired) electrons. The zero-order valence-corrected chi connectivity index (χ0v) is 7.28. The number of rotatable bonds is 2. The van der Waals surface area contributed by atoms with Crippen molar-refractivity contribution in [3.63, 3.8) is 0 Å². The Hall–Kier alpha value is -1.48. The maximum Gasteiger partial charge on any atom is 0.137 e. The highest BCUT2D eigenvalue weighted by molar-refractivity contribution is 5.86. The van der Waals surface area contributed by atoms with Gasteiger partial charge in [-0.05, 0) is 12.1 Å². The maximum absolute atomic E-state index is 9.55. The summed E-state index contributed by atoms with van der Waals surface area (Å²) in [4.78, 5) is 0. The molecule has 3 nitrogen and oxygen atoms in total. The van der Waals surface area contributed by atoms with Gasteiger partial charge in [-0.3, -0.25) is 0 Å². The SMILES string of the molecule is COCc1coc2cccc(O)c12. The molecule has 0 aliphatic carbocycles. The third kappa shape index (κ3) is 1.27. The molecule has 0 aliphatic heterocycles. The molecule has 68 valence electrons. The number of aromatic hydroxyl groups is 1. The Morgan fingerprint density at radius 3 is 3.08 bits per heavy atom. The van der Waals surface area contributed by atoms with Crippen LogP contribution < -0.4 is 0 Å². The smallest absolute Gasteiger partial charge is 0.137 e. The van der Waals surface area contributed by atoms with E-state index in [1.165, 1.54) is 0 Å². The van der Waals surface area contributed by atoms with Gasteiger partial charge in [0, 0.05) is 12.7 Å². The van der Waals surface area contributed by atoms with Gasteiger partial charge in [-0.25, -0.2) is 0 Å². The molecule has 0 saturated carbocycles. The normalized spacial score (nSPS) is 10.8. The standard InChI is InChI=1S/C10H10O3/c1-12-5-7-6-13-9-4-2-3-8(11)10(7)9/h2-4,6,11H,5H2,1H3. The topological polar surface area (TPSA) is 42.6 Å². The summed E-state index contributed by atoms with van der Waals surface area (Å²) in [6.07, 6.45) is 1.61. The van der Waals surface area contributed by atoms with E-state index in [-0.39, 0.29) is 5.75 Å². The fourth-order valence-corrected chi connectivity index (χ4v) is 1.40. The van der Waals surface area contributed by atoms with Crippen LogP contribution in [0.2, 0.25) is 0 Å². The summed E-state index contributed by atoms with van der Waals surface area (Å²) in [5.74, 6) is 0.235. The maximum atomic E-state index is 9.55. The Bertz CT molecular complexity index is 417. The number of methoxy groups -OCH3 is 1. The first-order valence-corrected chi connectivity index (χ1v) is 4.00. The van der Waals surface area contributed by atoms with Gasteiger partial charge >= 0.3 is 0 Å². The number of fused-ring (bicyclic) bond motifs is 1. The van der Waals surface area contributed by atoms with Gasteiger partial charge in [-0.2, -0.15) is 0 Å². The van der Waals surface area contributed by atoms with Crippen molar-refractivity contribution >= 4 is 11.0 Å². The molecule has 3 heteroatoms. The Balaban J connectivity index is 2.64. The van der Waals surface area contributed by atoms with Crippen molar-refractivity contribution in [2.45, 2.75) is 6.61 Å². The van der Waals surface area contributed by atoms with Crippen LogP contribution in [0.3, 0.4) is 0 Å². The van der Waals surface area contributed by atoms with Crippen molar-refractivity contribution in [1.29, 1.82) is 0 Å². The first kappa shape index (κ1) is 8.13. The molecule has 0 atom stereocenters. The van der Waals surface area contributed by atoms with Gasteiger partial charge in [-0.15, -0.1) is 0 Å². The van der Waals surface area contributed by atoms with E-state index in [1.807, 2.05) is 6.07 Å². The van der Waals surface area contributed by atoms with Crippen molar-refractivity contribution < 1.29 is 14.3 Å². The summed E-state index contributed by atoms with van der Waals surface area (Å²) in [7, 11) is 1.61. The molecule has 1 heterocycles. The van der Waals surface area contributed by atoms with E-state index >= 15 is 0 Å². The number of benzene rings is 1. The minimum absolute atomic E-state index is 0.235. The van der Waals surface area contributed by atoms with Crippen molar-refractivity contribution in [2.75, 3.05) is 7.11 Å². The number of phenols is 1. The molecule has 1 aromatic carbocycles. The summed E-state index contributed by atoms with van der Waals surface area (Å²) < 4.78 is 10.2. The second-order valence-corrected chi connectivity index (χ2v) is 2.84. The van der Waals surface area contributed by atoms with Crippen LogP contribution in [0.25, 0.3) is 11.0 Å². The summed E-state index contributed by atoms with van der Waals surface area (Å²) in [5.41, 5.74) is 1.56. The van der Waals surface area contributed by atoms with Crippen LogP contribution in [0.5, 0.6) is 5.75 Å². The van der Waals surface area contributed by atoms with Gasteiger partial charge in [0.1, 0.15) is 11.3 Å². The van der Waals surface area contributed by atoms with Gasteiger partial charge in [0.05, 0.1) is 18.3 Å². The first-order valence-electron chi connectivity index (χ1n) is 4.00. The monoisotopic (exact) mass is 178 g/mol. The number of phenolic OH excluding ortho intramolecular Hbond substituents is 1. The summed E-state index contributed by atoms with van der Waals surface area (Å²) in [6, 6.07) is 5.20. The Labute approximate surface area is 75.5 Å². The molecule has 0 amide bonds. The molecule has 1 N–H and O–H groups in total. The van der Waals surface area contributed by atoms with Crippen LogP contribution in [-0.2, 0) is 11.3 Å². The van der Waals surface area contributed by atoms with Crippen molar-refractivity contribution in [1.82, 2.24) is 0 Å². The van der Waals surface area contributed by atoms with Crippen molar-refractivity contribution in [2.24, 2.45) is 0 Å². The lowest BCUT2D eigenvalue weighted by Gasteiger charge is -1.97. The predicted molar refractivity (Wildman–Crippen MR) is 48.6 cm³/mol. The van der Waals surface area contributed by atoms with Crippen LogP contribution in [-0.4, -0.2) is 12.2 Å². The largest absolute Gasteiger partial charge is 0.507 e. The van der Waals surface area contributed by atoms with Gasteiger partial charge in [0.2, 0.25) is 0 Å². The van der Waals surface area contributed by atoms with E-state index in [0.29, 0.717) is 12.2 Å². The lowest BCUT2D eigenvalue weighted by atomic mass is 10.1. The molecule has 0 spiro atoms. The van der Waals surface area contributed by atoms with Crippen LogP contribution >= 0.6 is 0 Å². The van der Waals surface area contributed by atoms with Crippen LogP contribution in [0.4, 0.5) is 0 Å². The third-order valence-electron chi connectivity index (χ3n) is 1.95. The molecule has 0 saturated heterocycles. The molecule has 0 aliphatic rings. The lowest BCUT2D eigenvalue weighted by molar-refractivity contribution is 0.185. The van der Waals surface area contributed by atoms with E-state index in [9.17, 15) is 5.11 Å². The zero-order valence-electron chi connectivity index (χ0n) is 7.28. The minimum atomic E-state index is 0.235. The van der Waals surface area contributed by atoms with Gasteiger partial charge in [-0.1, -0.05) is 6.07 Å². The molecule has 1 aromatic heterocycles. The summed E-state index contributed by atoms with van der Waals surface area (Å²) in [6.45, 7) is 0.449. The molecule has 2 aromatic rings. The van der Waals surface area contributed by atoms with E-state index in [4.69, 9.17) is 9.15 Å². The van der Waals surface area contributed by atoms with Crippen LogP contribution in [0.1, 0.15) is 5.56 Å². The minimum Gasteiger partial charge on any atom is -0.507 e.